The molecule has 86 valence electrons. The standard InChI is InChI=1S/C14H19NS/c1-4-9-15-13(5-2)11-16-14-8-6-7-12(3)10-14/h2,6-8,10,13,15H,4,9,11H2,1,3H3. The van der Waals surface area contributed by atoms with Gasteiger partial charge in [-0.05, 0) is 32.0 Å². The zero-order valence-electron chi connectivity index (χ0n) is 9.99. The van der Waals surface area contributed by atoms with Gasteiger partial charge in [-0.15, -0.1) is 18.2 Å². The number of thioether (sulfide) groups is 1. The molecule has 0 aliphatic rings. The first-order valence-electron chi connectivity index (χ1n) is 5.65. The van der Waals surface area contributed by atoms with Crippen molar-refractivity contribution in [2.45, 2.75) is 31.2 Å². The highest BCUT2D eigenvalue weighted by Crippen LogP contribution is 2.19. The minimum absolute atomic E-state index is 0.172. The molecule has 2 heteroatoms. The summed E-state index contributed by atoms with van der Waals surface area (Å²) >= 11 is 1.81. The van der Waals surface area contributed by atoms with E-state index < -0.39 is 0 Å². The first kappa shape index (κ1) is 13.2. The van der Waals surface area contributed by atoms with E-state index in [9.17, 15) is 0 Å². The maximum absolute atomic E-state index is 5.48. The summed E-state index contributed by atoms with van der Waals surface area (Å²) < 4.78 is 0. The van der Waals surface area contributed by atoms with E-state index in [1.54, 1.807) is 0 Å². The second kappa shape index (κ2) is 7.38. The minimum atomic E-state index is 0.172. The molecule has 0 radical (unpaired) electrons. The lowest BCUT2D eigenvalue weighted by molar-refractivity contribution is 0.642. The molecule has 0 aromatic heterocycles. The van der Waals surface area contributed by atoms with Gasteiger partial charge in [0.2, 0.25) is 0 Å². The molecule has 0 spiro atoms. The minimum Gasteiger partial charge on any atom is -0.303 e. The van der Waals surface area contributed by atoms with Gasteiger partial charge in [-0.2, -0.15) is 0 Å². The third kappa shape index (κ3) is 4.74. The molecule has 0 heterocycles. The Morgan fingerprint density at radius 2 is 2.31 bits per heavy atom. The van der Waals surface area contributed by atoms with Gasteiger partial charge in [0.15, 0.2) is 0 Å². The highest BCUT2D eigenvalue weighted by molar-refractivity contribution is 7.99. The number of hydrogen-bond acceptors (Lipinski definition) is 2. The number of nitrogens with one attached hydrogen (secondary N) is 1. The first-order valence-corrected chi connectivity index (χ1v) is 6.63. The quantitative estimate of drug-likeness (QED) is 0.598. The molecule has 0 saturated heterocycles. The third-order valence-electron chi connectivity index (χ3n) is 2.25. The Kier molecular flexibility index (Phi) is 6.07. The summed E-state index contributed by atoms with van der Waals surface area (Å²) in [6.07, 6.45) is 6.60. The number of hydrogen-bond donors (Lipinski definition) is 1. The highest BCUT2D eigenvalue weighted by Gasteiger charge is 2.04. The number of rotatable bonds is 6. The average Bonchev–Trinajstić information content (AvgIpc) is 2.29. The summed E-state index contributed by atoms with van der Waals surface area (Å²) in [6, 6.07) is 8.69. The second-order valence-corrected chi connectivity index (χ2v) is 4.89. The van der Waals surface area contributed by atoms with Crippen molar-refractivity contribution >= 4 is 11.8 Å². The summed E-state index contributed by atoms with van der Waals surface area (Å²) in [5, 5.41) is 3.35. The lowest BCUT2D eigenvalue weighted by Gasteiger charge is -2.11. The Hall–Kier alpha value is -0.910. The molecule has 1 rings (SSSR count). The largest absolute Gasteiger partial charge is 0.303 e. The summed E-state index contributed by atoms with van der Waals surface area (Å²) in [6.45, 7) is 5.25. The van der Waals surface area contributed by atoms with Gasteiger partial charge in [0.25, 0.3) is 0 Å². The molecule has 1 nitrogen and oxygen atoms in total. The maximum atomic E-state index is 5.48. The predicted molar refractivity (Wildman–Crippen MR) is 72.8 cm³/mol. The Morgan fingerprint density at radius 3 is 2.94 bits per heavy atom. The van der Waals surface area contributed by atoms with E-state index >= 15 is 0 Å². The van der Waals surface area contributed by atoms with Crippen LogP contribution in [0.3, 0.4) is 0 Å². The molecule has 0 saturated carbocycles. The van der Waals surface area contributed by atoms with Crippen molar-refractivity contribution < 1.29 is 0 Å². The van der Waals surface area contributed by atoms with Crippen LogP contribution in [0.25, 0.3) is 0 Å². The normalized spacial score (nSPS) is 12.1. The topological polar surface area (TPSA) is 12.0 Å². The van der Waals surface area contributed by atoms with Crippen LogP contribution in [-0.2, 0) is 0 Å². The van der Waals surface area contributed by atoms with E-state index in [0.29, 0.717) is 0 Å². The van der Waals surface area contributed by atoms with Crippen LogP contribution in [0.2, 0.25) is 0 Å². The van der Waals surface area contributed by atoms with Crippen molar-refractivity contribution in [2.75, 3.05) is 12.3 Å². The molecule has 1 unspecified atom stereocenters. The summed E-state index contributed by atoms with van der Waals surface area (Å²) in [7, 11) is 0. The van der Waals surface area contributed by atoms with Crippen LogP contribution < -0.4 is 5.32 Å². The number of terminal acetylenes is 1. The Balaban J connectivity index is 2.41. The van der Waals surface area contributed by atoms with Gasteiger partial charge in [0.1, 0.15) is 0 Å². The third-order valence-corrected chi connectivity index (χ3v) is 3.34. The van der Waals surface area contributed by atoms with E-state index in [1.165, 1.54) is 10.5 Å². The molecule has 1 aromatic rings. The number of aryl methyl sites for hydroxylation is 1. The van der Waals surface area contributed by atoms with Gasteiger partial charge >= 0.3 is 0 Å². The fourth-order valence-electron chi connectivity index (χ4n) is 1.37. The van der Waals surface area contributed by atoms with Crippen molar-refractivity contribution in [3.63, 3.8) is 0 Å². The lowest BCUT2D eigenvalue weighted by atomic mass is 10.2. The van der Waals surface area contributed by atoms with E-state index in [-0.39, 0.29) is 6.04 Å². The Morgan fingerprint density at radius 1 is 1.50 bits per heavy atom. The zero-order valence-corrected chi connectivity index (χ0v) is 10.8. The van der Waals surface area contributed by atoms with E-state index in [0.717, 1.165) is 18.7 Å². The van der Waals surface area contributed by atoms with Gasteiger partial charge in [0.05, 0.1) is 6.04 Å². The molecule has 0 aliphatic carbocycles. The SMILES string of the molecule is C#CC(CSc1cccc(C)c1)NCCC. The molecule has 1 N–H and O–H groups in total. The molecule has 0 fully saturated rings. The average molecular weight is 233 g/mol. The van der Waals surface area contributed by atoms with Crippen LogP contribution >= 0.6 is 11.8 Å². The van der Waals surface area contributed by atoms with Crippen molar-refractivity contribution in [1.82, 2.24) is 5.32 Å². The van der Waals surface area contributed by atoms with Gasteiger partial charge in [-0.1, -0.05) is 30.5 Å². The van der Waals surface area contributed by atoms with Crippen LogP contribution in [0.15, 0.2) is 29.2 Å². The highest BCUT2D eigenvalue weighted by atomic mass is 32.2. The second-order valence-electron chi connectivity index (χ2n) is 3.80. The van der Waals surface area contributed by atoms with Crippen LogP contribution in [0.5, 0.6) is 0 Å². The number of benzene rings is 1. The van der Waals surface area contributed by atoms with E-state index in [2.05, 4.69) is 49.4 Å². The van der Waals surface area contributed by atoms with E-state index in [4.69, 9.17) is 6.42 Å². The Bertz CT molecular complexity index is 354. The fraction of sp³-hybridized carbons (Fsp3) is 0.429. The lowest BCUT2D eigenvalue weighted by Crippen LogP contribution is -2.30. The maximum Gasteiger partial charge on any atom is 0.0782 e. The first-order chi connectivity index (χ1) is 7.76. The molecule has 0 amide bonds. The van der Waals surface area contributed by atoms with Gasteiger partial charge < -0.3 is 5.32 Å². The van der Waals surface area contributed by atoms with Crippen molar-refractivity contribution in [1.29, 1.82) is 0 Å². The van der Waals surface area contributed by atoms with Crippen molar-refractivity contribution in [3.8, 4) is 12.3 Å². The Labute approximate surface area is 103 Å². The summed E-state index contributed by atoms with van der Waals surface area (Å²) in [5.41, 5.74) is 1.30. The van der Waals surface area contributed by atoms with Gasteiger partial charge in [-0.3, -0.25) is 0 Å². The van der Waals surface area contributed by atoms with Crippen LogP contribution in [0, 0.1) is 19.3 Å². The van der Waals surface area contributed by atoms with Gasteiger partial charge in [0, 0.05) is 10.6 Å². The van der Waals surface area contributed by atoms with Crippen LogP contribution in [0.4, 0.5) is 0 Å². The molecule has 1 aromatic carbocycles. The van der Waals surface area contributed by atoms with E-state index in [1.807, 2.05) is 11.8 Å². The monoisotopic (exact) mass is 233 g/mol. The molecule has 16 heavy (non-hydrogen) atoms. The molecular formula is C14H19NS. The summed E-state index contributed by atoms with van der Waals surface area (Å²) in [4.78, 5) is 1.29. The van der Waals surface area contributed by atoms with Crippen LogP contribution in [-0.4, -0.2) is 18.3 Å². The molecule has 1 atom stereocenters. The smallest absolute Gasteiger partial charge is 0.0782 e. The van der Waals surface area contributed by atoms with Crippen molar-refractivity contribution in [2.24, 2.45) is 0 Å². The summed E-state index contributed by atoms with van der Waals surface area (Å²) in [5.74, 6) is 3.72. The molecular weight excluding hydrogens is 214 g/mol. The molecule has 0 bridgehead atoms. The predicted octanol–water partition coefficient (Wildman–Crippen LogP) is 3.09. The van der Waals surface area contributed by atoms with Crippen molar-refractivity contribution in [3.05, 3.63) is 29.8 Å². The molecule has 0 aliphatic heterocycles. The van der Waals surface area contributed by atoms with Gasteiger partial charge in [-0.25, -0.2) is 0 Å². The van der Waals surface area contributed by atoms with Crippen LogP contribution in [0.1, 0.15) is 18.9 Å². The fourth-order valence-corrected chi connectivity index (χ4v) is 2.39. The zero-order chi connectivity index (χ0) is 11.8.